The summed E-state index contributed by atoms with van der Waals surface area (Å²) in [7, 11) is 0. The molecule has 82 valence electrons. The summed E-state index contributed by atoms with van der Waals surface area (Å²) < 4.78 is 10.4. The van der Waals surface area contributed by atoms with Crippen LogP contribution in [0.15, 0.2) is 11.8 Å². The van der Waals surface area contributed by atoms with E-state index in [-0.39, 0.29) is 24.5 Å². The third-order valence-corrected chi connectivity index (χ3v) is 3.78. The van der Waals surface area contributed by atoms with Crippen LogP contribution < -0.4 is 0 Å². The normalized spacial score (nSPS) is 51.2. The molecule has 1 aliphatic carbocycles. The Balaban J connectivity index is 1.96. The van der Waals surface area contributed by atoms with Gasteiger partial charge >= 0.3 is 0 Å². The molecule has 15 heavy (non-hydrogen) atoms. The van der Waals surface area contributed by atoms with Crippen molar-refractivity contribution < 1.29 is 24.5 Å². The number of aliphatic hydroxyl groups excluding tert-OH is 2. The van der Waals surface area contributed by atoms with Gasteiger partial charge in [-0.15, -0.1) is 0 Å². The standard InChI is InChI=1S/C10H12O5/c11-2-5-3-14-9(13)8-6(5)1-7-10(8,4-12)15-7/h2-3,6-9,12-13H,1,4H2/t6-,7+,8-,9-,10+/m1/s1. The summed E-state index contributed by atoms with van der Waals surface area (Å²) in [6.45, 7) is -0.134. The molecular weight excluding hydrogens is 200 g/mol. The lowest BCUT2D eigenvalue weighted by molar-refractivity contribution is -0.143. The van der Waals surface area contributed by atoms with Crippen molar-refractivity contribution in [1.82, 2.24) is 0 Å². The monoisotopic (exact) mass is 212 g/mol. The second-order valence-corrected chi connectivity index (χ2v) is 4.35. The molecule has 0 aromatic heterocycles. The number of allylic oxidation sites excluding steroid dienone is 1. The predicted molar refractivity (Wildman–Crippen MR) is 47.5 cm³/mol. The molecule has 3 rings (SSSR count). The number of carbonyl (C=O) groups is 1. The summed E-state index contributed by atoms with van der Waals surface area (Å²) in [5, 5.41) is 19.0. The summed E-state index contributed by atoms with van der Waals surface area (Å²) in [5.74, 6) is -0.366. The Bertz CT molecular complexity index is 335. The molecule has 5 nitrogen and oxygen atoms in total. The minimum atomic E-state index is -0.988. The first-order valence-corrected chi connectivity index (χ1v) is 5.00. The van der Waals surface area contributed by atoms with Crippen molar-refractivity contribution >= 4 is 6.29 Å². The van der Waals surface area contributed by atoms with Crippen LogP contribution in [0.4, 0.5) is 0 Å². The molecule has 2 aliphatic heterocycles. The smallest absolute Gasteiger partial charge is 0.202 e. The molecule has 1 saturated heterocycles. The molecule has 0 radical (unpaired) electrons. The molecule has 0 spiro atoms. The van der Waals surface area contributed by atoms with Crippen LogP contribution in [-0.2, 0) is 14.3 Å². The van der Waals surface area contributed by atoms with Gasteiger partial charge in [-0.1, -0.05) is 0 Å². The lowest BCUT2D eigenvalue weighted by atomic mass is 9.82. The molecule has 1 saturated carbocycles. The molecule has 0 aromatic carbocycles. The highest BCUT2D eigenvalue weighted by Gasteiger charge is 2.71. The first-order chi connectivity index (χ1) is 7.23. The lowest BCUT2D eigenvalue weighted by Gasteiger charge is -2.33. The van der Waals surface area contributed by atoms with E-state index in [9.17, 15) is 15.0 Å². The van der Waals surface area contributed by atoms with Crippen molar-refractivity contribution in [3.63, 3.8) is 0 Å². The average molecular weight is 212 g/mol. The van der Waals surface area contributed by atoms with Crippen molar-refractivity contribution in [1.29, 1.82) is 0 Å². The Hall–Kier alpha value is -0.910. The number of hydrogen-bond donors (Lipinski definition) is 2. The van der Waals surface area contributed by atoms with Crippen LogP contribution in [0, 0.1) is 11.8 Å². The fourth-order valence-corrected chi connectivity index (χ4v) is 2.95. The summed E-state index contributed by atoms with van der Waals surface area (Å²) in [6.07, 6.45) is 1.71. The van der Waals surface area contributed by atoms with E-state index in [4.69, 9.17) is 9.47 Å². The van der Waals surface area contributed by atoms with Gasteiger partial charge in [-0.2, -0.15) is 0 Å². The third kappa shape index (κ3) is 1.00. The van der Waals surface area contributed by atoms with Gasteiger partial charge in [-0.25, -0.2) is 0 Å². The van der Waals surface area contributed by atoms with E-state index in [1.807, 2.05) is 0 Å². The van der Waals surface area contributed by atoms with Gasteiger partial charge in [0, 0.05) is 11.5 Å². The first kappa shape index (κ1) is 9.33. The Morgan fingerprint density at radius 3 is 3.13 bits per heavy atom. The predicted octanol–water partition coefficient (Wildman–Crippen LogP) is -0.816. The molecule has 0 amide bonds. The van der Waals surface area contributed by atoms with Gasteiger partial charge in [-0.3, -0.25) is 4.79 Å². The quantitative estimate of drug-likeness (QED) is 0.462. The summed E-state index contributed by atoms with van der Waals surface area (Å²) in [4.78, 5) is 10.8. The second-order valence-electron chi connectivity index (χ2n) is 4.35. The highest BCUT2D eigenvalue weighted by Crippen LogP contribution is 2.60. The minimum absolute atomic E-state index is 0.0443. The topological polar surface area (TPSA) is 79.3 Å². The first-order valence-electron chi connectivity index (χ1n) is 5.00. The van der Waals surface area contributed by atoms with Crippen molar-refractivity contribution in [2.75, 3.05) is 6.61 Å². The number of epoxide rings is 1. The lowest BCUT2D eigenvalue weighted by Crippen LogP contribution is -2.42. The van der Waals surface area contributed by atoms with Crippen LogP contribution in [0.5, 0.6) is 0 Å². The van der Waals surface area contributed by atoms with E-state index < -0.39 is 11.9 Å². The SMILES string of the molecule is O=CC1=CO[C@@H](O)[C@H]2[C@@H]1C[C@@H]1O[C@]21CO. The molecule has 5 heteroatoms. The molecule has 0 aromatic rings. The zero-order valence-corrected chi connectivity index (χ0v) is 8.00. The van der Waals surface area contributed by atoms with Crippen LogP contribution in [0.1, 0.15) is 6.42 Å². The molecule has 0 bridgehead atoms. The van der Waals surface area contributed by atoms with E-state index >= 15 is 0 Å². The number of ether oxygens (including phenoxy) is 2. The van der Waals surface area contributed by atoms with Gasteiger partial charge in [0.15, 0.2) is 0 Å². The summed E-state index contributed by atoms with van der Waals surface area (Å²) in [6, 6.07) is 0. The highest BCUT2D eigenvalue weighted by atomic mass is 16.6. The molecule has 5 atom stereocenters. The third-order valence-electron chi connectivity index (χ3n) is 3.78. The van der Waals surface area contributed by atoms with Gasteiger partial charge in [0.1, 0.15) is 11.9 Å². The van der Waals surface area contributed by atoms with Crippen molar-refractivity contribution in [3.8, 4) is 0 Å². The number of aliphatic hydroxyl groups is 2. The van der Waals surface area contributed by atoms with Gasteiger partial charge in [0.2, 0.25) is 6.29 Å². The second kappa shape index (κ2) is 2.81. The van der Waals surface area contributed by atoms with Crippen LogP contribution in [-0.4, -0.2) is 41.1 Å². The van der Waals surface area contributed by atoms with E-state index in [0.717, 1.165) is 6.29 Å². The van der Waals surface area contributed by atoms with Crippen molar-refractivity contribution in [2.45, 2.75) is 24.4 Å². The number of hydrogen-bond acceptors (Lipinski definition) is 5. The van der Waals surface area contributed by atoms with Gasteiger partial charge in [0.05, 0.1) is 24.9 Å². The maximum atomic E-state index is 10.8. The fraction of sp³-hybridized carbons (Fsp3) is 0.700. The van der Waals surface area contributed by atoms with E-state index in [0.29, 0.717) is 12.0 Å². The maximum absolute atomic E-state index is 10.8. The maximum Gasteiger partial charge on any atom is 0.202 e. The summed E-state index contributed by atoms with van der Waals surface area (Å²) in [5.41, 5.74) is -0.124. The van der Waals surface area contributed by atoms with Gasteiger partial charge in [0.25, 0.3) is 0 Å². The highest BCUT2D eigenvalue weighted by molar-refractivity contribution is 5.74. The molecule has 2 heterocycles. The largest absolute Gasteiger partial charge is 0.472 e. The number of fused-ring (bicyclic) bond motifs is 3. The Morgan fingerprint density at radius 2 is 2.47 bits per heavy atom. The van der Waals surface area contributed by atoms with Crippen molar-refractivity contribution in [3.05, 3.63) is 11.8 Å². The molecular formula is C10H12O5. The number of rotatable bonds is 2. The van der Waals surface area contributed by atoms with Crippen LogP contribution in [0.25, 0.3) is 0 Å². The fourth-order valence-electron chi connectivity index (χ4n) is 2.95. The number of aldehydes is 1. The molecule has 2 fully saturated rings. The molecule has 0 unspecified atom stereocenters. The molecule has 2 N–H and O–H groups in total. The van der Waals surface area contributed by atoms with Crippen LogP contribution >= 0.6 is 0 Å². The van der Waals surface area contributed by atoms with E-state index in [2.05, 4.69) is 0 Å². The Morgan fingerprint density at radius 1 is 1.67 bits per heavy atom. The molecule has 3 aliphatic rings. The van der Waals surface area contributed by atoms with E-state index in [1.165, 1.54) is 6.26 Å². The minimum Gasteiger partial charge on any atom is -0.472 e. The average Bonchev–Trinajstić information content (AvgIpc) is 2.85. The Kier molecular flexibility index (Phi) is 1.75. The summed E-state index contributed by atoms with van der Waals surface area (Å²) >= 11 is 0. The van der Waals surface area contributed by atoms with Crippen molar-refractivity contribution in [2.24, 2.45) is 11.8 Å². The van der Waals surface area contributed by atoms with Crippen LogP contribution in [0.3, 0.4) is 0 Å². The van der Waals surface area contributed by atoms with Gasteiger partial charge in [-0.05, 0) is 6.42 Å². The zero-order valence-electron chi connectivity index (χ0n) is 8.00. The van der Waals surface area contributed by atoms with Gasteiger partial charge < -0.3 is 19.7 Å². The Labute approximate surface area is 86.3 Å². The number of carbonyl (C=O) groups excluding carboxylic acids is 1. The zero-order chi connectivity index (χ0) is 10.6. The van der Waals surface area contributed by atoms with Crippen LogP contribution in [0.2, 0.25) is 0 Å². The van der Waals surface area contributed by atoms with E-state index in [1.54, 1.807) is 0 Å².